The highest BCUT2D eigenvalue weighted by Gasteiger charge is 2.11. The number of hydrogen-bond acceptors (Lipinski definition) is 2. The third-order valence-electron chi connectivity index (χ3n) is 4.62. The predicted molar refractivity (Wildman–Crippen MR) is 100 cm³/mol. The van der Waals surface area contributed by atoms with Crippen molar-refractivity contribution in [1.82, 2.24) is 0 Å². The monoisotopic (exact) mass is 320 g/mol. The lowest BCUT2D eigenvalue weighted by molar-refractivity contribution is 0.467. The maximum absolute atomic E-state index is 10.0. The predicted octanol–water partition coefficient (Wildman–Crippen LogP) is 5.70. The Morgan fingerprint density at radius 2 is 1.46 bits per heavy atom. The molecule has 2 aromatic carbocycles. The maximum Gasteiger partial charge on any atom is 0.118 e. The van der Waals surface area contributed by atoms with Crippen molar-refractivity contribution in [3.8, 4) is 11.5 Å². The smallest absolute Gasteiger partial charge is 0.118 e. The zero-order valence-electron chi connectivity index (χ0n) is 14.1. The minimum atomic E-state index is 0.301. The molecule has 1 aliphatic carbocycles. The number of phenols is 2. The van der Waals surface area contributed by atoms with Gasteiger partial charge in [0.25, 0.3) is 0 Å². The van der Waals surface area contributed by atoms with Gasteiger partial charge in [0, 0.05) is 0 Å². The minimum absolute atomic E-state index is 0.301. The van der Waals surface area contributed by atoms with Crippen LogP contribution in [0.25, 0.3) is 11.1 Å². The summed E-state index contributed by atoms with van der Waals surface area (Å²) in [5.74, 6) is 0.707. The molecule has 0 fully saturated rings. The van der Waals surface area contributed by atoms with E-state index in [1.165, 1.54) is 16.7 Å². The van der Waals surface area contributed by atoms with Crippen LogP contribution in [0.1, 0.15) is 49.3 Å². The molecule has 2 heteroatoms. The highest BCUT2D eigenvalue weighted by atomic mass is 16.3. The van der Waals surface area contributed by atoms with Gasteiger partial charge in [-0.3, -0.25) is 0 Å². The Morgan fingerprint density at radius 1 is 0.833 bits per heavy atom. The van der Waals surface area contributed by atoms with Crippen LogP contribution >= 0.6 is 0 Å². The molecular formula is C22H24O2. The van der Waals surface area contributed by atoms with Gasteiger partial charge in [-0.2, -0.15) is 0 Å². The summed E-state index contributed by atoms with van der Waals surface area (Å²) < 4.78 is 0. The first-order chi connectivity index (χ1) is 11.7. The SMILES string of the molecule is CCCCc1cc(C2=CCC(c3ccc(O)cc3)=CC2)ccc1O. The molecule has 0 aromatic heterocycles. The highest BCUT2D eigenvalue weighted by Crippen LogP contribution is 2.33. The van der Waals surface area contributed by atoms with Crippen LogP contribution in [0, 0.1) is 0 Å². The van der Waals surface area contributed by atoms with Crippen molar-refractivity contribution in [2.45, 2.75) is 39.0 Å². The van der Waals surface area contributed by atoms with Crippen molar-refractivity contribution in [3.05, 3.63) is 71.3 Å². The summed E-state index contributed by atoms with van der Waals surface area (Å²) in [6.45, 7) is 2.17. The van der Waals surface area contributed by atoms with Crippen LogP contribution in [0.15, 0.2) is 54.6 Å². The number of aryl methyl sites for hydroxylation is 1. The molecule has 0 saturated carbocycles. The summed E-state index contributed by atoms with van der Waals surface area (Å²) in [5.41, 5.74) is 6.03. The molecule has 2 N–H and O–H groups in total. The lowest BCUT2D eigenvalue weighted by atomic mass is 9.90. The quantitative estimate of drug-likeness (QED) is 0.741. The molecule has 2 aromatic rings. The second-order valence-electron chi connectivity index (χ2n) is 6.36. The normalized spacial score (nSPS) is 14.2. The van der Waals surface area contributed by atoms with Gasteiger partial charge in [-0.25, -0.2) is 0 Å². The van der Waals surface area contributed by atoms with Gasteiger partial charge in [-0.1, -0.05) is 43.7 Å². The standard InChI is InChI=1S/C22H24O2/c1-2-3-4-20-15-19(11-14-22(20)24)18-7-5-16(6-8-18)17-9-12-21(23)13-10-17/h5,8-15,23-24H,2-4,6-7H2,1H3. The summed E-state index contributed by atoms with van der Waals surface area (Å²) in [6.07, 6.45) is 9.49. The van der Waals surface area contributed by atoms with E-state index in [9.17, 15) is 10.2 Å². The number of aromatic hydroxyl groups is 2. The molecule has 0 saturated heterocycles. The summed E-state index contributed by atoms with van der Waals surface area (Å²) in [6, 6.07) is 13.4. The van der Waals surface area contributed by atoms with Gasteiger partial charge in [-0.05, 0) is 77.8 Å². The fourth-order valence-electron chi connectivity index (χ4n) is 3.13. The van der Waals surface area contributed by atoms with Crippen LogP contribution in [0.4, 0.5) is 0 Å². The van der Waals surface area contributed by atoms with E-state index in [2.05, 4.69) is 25.1 Å². The lowest BCUT2D eigenvalue weighted by Crippen LogP contribution is -1.95. The summed E-state index contributed by atoms with van der Waals surface area (Å²) in [7, 11) is 0. The number of phenolic OH excluding ortho intramolecular Hbond substituents is 2. The average molecular weight is 320 g/mol. The van der Waals surface area contributed by atoms with Gasteiger partial charge < -0.3 is 10.2 Å². The minimum Gasteiger partial charge on any atom is -0.508 e. The first kappa shape index (κ1) is 16.4. The van der Waals surface area contributed by atoms with Crippen LogP contribution in [0.3, 0.4) is 0 Å². The van der Waals surface area contributed by atoms with Crippen molar-refractivity contribution >= 4 is 11.1 Å². The molecule has 1 aliphatic rings. The van der Waals surface area contributed by atoms with E-state index >= 15 is 0 Å². The van der Waals surface area contributed by atoms with Crippen molar-refractivity contribution in [2.24, 2.45) is 0 Å². The molecule has 3 rings (SSSR count). The topological polar surface area (TPSA) is 40.5 Å². The Hall–Kier alpha value is -2.48. The first-order valence-corrected chi connectivity index (χ1v) is 8.67. The molecule has 24 heavy (non-hydrogen) atoms. The third-order valence-corrected chi connectivity index (χ3v) is 4.62. The van der Waals surface area contributed by atoms with Gasteiger partial charge in [0.15, 0.2) is 0 Å². The number of allylic oxidation sites excluding steroid dienone is 4. The second-order valence-corrected chi connectivity index (χ2v) is 6.36. The van der Waals surface area contributed by atoms with Crippen LogP contribution in [-0.4, -0.2) is 10.2 Å². The molecule has 0 bridgehead atoms. The third kappa shape index (κ3) is 3.70. The average Bonchev–Trinajstić information content (AvgIpc) is 2.62. The molecular weight excluding hydrogens is 296 g/mol. The molecule has 124 valence electrons. The van der Waals surface area contributed by atoms with Gasteiger partial charge >= 0.3 is 0 Å². The van der Waals surface area contributed by atoms with Crippen LogP contribution in [-0.2, 0) is 6.42 Å². The number of benzene rings is 2. The Balaban J connectivity index is 1.75. The second kappa shape index (κ2) is 7.39. The molecule has 0 amide bonds. The largest absolute Gasteiger partial charge is 0.508 e. The fourth-order valence-corrected chi connectivity index (χ4v) is 3.13. The van der Waals surface area contributed by atoms with E-state index in [-0.39, 0.29) is 0 Å². The molecule has 0 heterocycles. The number of hydrogen-bond donors (Lipinski definition) is 2. The maximum atomic E-state index is 10.0. The summed E-state index contributed by atoms with van der Waals surface area (Å²) >= 11 is 0. The van der Waals surface area contributed by atoms with E-state index < -0.39 is 0 Å². The van der Waals surface area contributed by atoms with E-state index in [4.69, 9.17) is 0 Å². The van der Waals surface area contributed by atoms with Crippen molar-refractivity contribution < 1.29 is 10.2 Å². The zero-order valence-corrected chi connectivity index (χ0v) is 14.1. The molecule has 2 nitrogen and oxygen atoms in total. The summed E-state index contributed by atoms with van der Waals surface area (Å²) in [5, 5.41) is 19.4. The van der Waals surface area contributed by atoms with Crippen molar-refractivity contribution in [1.29, 1.82) is 0 Å². The van der Waals surface area contributed by atoms with Gasteiger partial charge in [0.05, 0.1) is 0 Å². The van der Waals surface area contributed by atoms with Crippen molar-refractivity contribution in [2.75, 3.05) is 0 Å². The van der Waals surface area contributed by atoms with Crippen LogP contribution < -0.4 is 0 Å². The first-order valence-electron chi connectivity index (χ1n) is 8.67. The van der Waals surface area contributed by atoms with Gasteiger partial charge in [-0.15, -0.1) is 0 Å². The highest BCUT2D eigenvalue weighted by molar-refractivity contribution is 5.78. The van der Waals surface area contributed by atoms with Crippen LogP contribution in [0.2, 0.25) is 0 Å². The van der Waals surface area contributed by atoms with Gasteiger partial charge in [0.1, 0.15) is 11.5 Å². The number of rotatable bonds is 5. The van der Waals surface area contributed by atoms with Crippen LogP contribution in [0.5, 0.6) is 11.5 Å². The molecule has 0 radical (unpaired) electrons. The Bertz CT molecular complexity index is 767. The fraction of sp³-hybridized carbons (Fsp3) is 0.273. The Morgan fingerprint density at radius 3 is 2.08 bits per heavy atom. The Kier molecular flexibility index (Phi) is 5.05. The summed E-state index contributed by atoms with van der Waals surface area (Å²) in [4.78, 5) is 0. The van der Waals surface area contributed by atoms with E-state index in [1.54, 1.807) is 12.1 Å². The Labute approximate surface area is 143 Å². The molecule has 0 aliphatic heterocycles. The number of unbranched alkanes of at least 4 members (excludes halogenated alkanes) is 1. The van der Waals surface area contributed by atoms with E-state index in [0.29, 0.717) is 11.5 Å². The molecule has 0 unspecified atom stereocenters. The van der Waals surface area contributed by atoms with Gasteiger partial charge in [0.2, 0.25) is 0 Å². The zero-order chi connectivity index (χ0) is 16.9. The van der Waals surface area contributed by atoms with E-state index in [0.717, 1.165) is 43.2 Å². The van der Waals surface area contributed by atoms with E-state index in [1.807, 2.05) is 24.3 Å². The lowest BCUT2D eigenvalue weighted by Gasteiger charge is -2.16. The van der Waals surface area contributed by atoms with Crippen molar-refractivity contribution in [3.63, 3.8) is 0 Å². The molecule has 0 atom stereocenters. The molecule has 0 spiro atoms.